The van der Waals surface area contributed by atoms with Gasteiger partial charge in [0.2, 0.25) is 0 Å². The number of benzene rings is 3. The Balaban J connectivity index is 1.82. The molecular formula is C27H24F2N2O2. The maximum atomic E-state index is 14.5. The zero-order valence-corrected chi connectivity index (χ0v) is 18.9. The average Bonchev–Trinajstić information content (AvgIpc) is 3.00. The molecule has 4 rings (SSSR count). The van der Waals surface area contributed by atoms with Gasteiger partial charge < -0.3 is 5.32 Å². The van der Waals surface area contributed by atoms with Crippen LogP contribution in [0.5, 0.6) is 0 Å². The number of nitrogens with one attached hydrogen (secondary N) is 1. The zero-order valence-electron chi connectivity index (χ0n) is 18.9. The number of carbonyl (C=O) groups excluding carboxylic acids is 2. The zero-order chi connectivity index (χ0) is 23.9. The lowest BCUT2D eigenvalue weighted by Gasteiger charge is -2.16. The van der Waals surface area contributed by atoms with E-state index in [2.05, 4.69) is 19.2 Å². The average molecular weight is 446 g/mol. The van der Waals surface area contributed by atoms with Gasteiger partial charge in [0.25, 0.3) is 11.8 Å². The summed E-state index contributed by atoms with van der Waals surface area (Å²) in [5, 5.41) is 3.07. The highest BCUT2D eigenvalue weighted by Gasteiger charge is 2.41. The maximum absolute atomic E-state index is 14.5. The Morgan fingerprint density at radius 3 is 2.12 bits per heavy atom. The smallest absolute Gasteiger partial charge is 0.282 e. The number of carbonyl (C=O) groups is 2. The topological polar surface area (TPSA) is 49.4 Å². The number of amides is 2. The molecule has 168 valence electrons. The van der Waals surface area contributed by atoms with Crippen LogP contribution in [0.25, 0.3) is 5.57 Å². The van der Waals surface area contributed by atoms with Crippen LogP contribution in [0.1, 0.15) is 42.0 Å². The molecule has 1 N–H and O–H groups in total. The fraction of sp³-hybridized carbons (Fsp3) is 0.185. The molecule has 0 saturated heterocycles. The molecule has 0 unspecified atom stereocenters. The molecule has 0 bridgehead atoms. The Labute approximate surface area is 191 Å². The van der Waals surface area contributed by atoms with Crippen LogP contribution in [0.3, 0.4) is 0 Å². The molecule has 1 heterocycles. The number of anilines is 2. The van der Waals surface area contributed by atoms with Gasteiger partial charge in [-0.2, -0.15) is 0 Å². The first-order valence-corrected chi connectivity index (χ1v) is 10.7. The molecule has 3 aromatic carbocycles. The van der Waals surface area contributed by atoms with Crippen molar-refractivity contribution < 1.29 is 18.4 Å². The van der Waals surface area contributed by atoms with E-state index in [4.69, 9.17) is 0 Å². The predicted molar refractivity (Wildman–Crippen MR) is 126 cm³/mol. The van der Waals surface area contributed by atoms with Crippen molar-refractivity contribution in [2.24, 2.45) is 0 Å². The maximum Gasteiger partial charge on any atom is 0.282 e. The molecule has 0 aromatic heterocycles. The van der Waals surface area contributed by atoms with Gasteiger partial charge in [0.1, 0.15) is 17.3 Å². The molecule has 0 aliphatic carbocycles. The van der Waals surface area contributed by atoms with E-state index in [1.807, 2.05) is 50.2 Å². The molecule has 33 heavy (non-hydrogen) atoms. The minimum absolute atomic E-state index is 0.0456. The first kappa shape index (κ1) is 22.4. The van der Waals surface area contributed by atoms with E-state index in [1.54, 1.807) is 6.07 Å². The van der Waals surface area contributed by atoms with Gasteiger partial charge in [0, 0.05) is 11.8 Å². The second kappa shape index (κ2) is 8.62. The molecule has 0 radical (unpaired) electrons. The van der Waals surface area contributed by atoms with E-state index in [-0.39, 0.29) is 17.0 Å². The van der Waals surface area contributed by atoms with Crippen LogP contribution in [-0.4, -0.2) is 11.8 Å². The number of imide groups is 1. The Kier molecular flexibility index (Phi) is 5.85. The fourth-order valence-corrected chi connectivity index (χ4v) is 3.79. The van der Waals surface area contributed by atoms with Crippen molar-refractivity contribution in [3.05, 3.63) is 100 Å². The van der Waals surface area contributed by atoms with Crippen molar-refractivity contribution in [2.45, 2.75) is 33.6 Å². The third kappa shape index (κ3) is 4.16. The Morgan fingerprint density at radius 1 is 0.818 bits per heavy atom. The summed E-state index contributed by atoms with van der Waals surface area (Å²) < 4.78 is 28.0. The van der Waals surface area contributed by atoms with Crippen molar-refractivity contribution in [2.75, 3.05) is 10.2 Å². The molecule has 4 nitrogen and oxygen atoms in total. The number of hydrogen-bond acceptors (Lipinski definition) is 3. The van der Waals surface area contributed by atoms with Gasteiger partial charge in [-0.25, -0.2) is 13.7 Å². The largest absolute Gasteiger partial charge is 0.350 e. The van der Waals surface area contributed by atoms with Crippen LogP contribution in [0.15, 0.2) is 66.4 Å². The lowest BCUT2D eigenvalue weighted by molar-refractivity contribution is -0.120. The first-order chi connectivity index (χ1) is 15.7. The molecule has 0 atom stereocenters. The summed E-state index contributed by atoms with van der Waals surface area (Å²) in [6, 6.07) is 15.8. The molecular weight excluding hydrogens is 422 g/mol. The first-order valence-electron chi connectivity index (χ1n) is 10.7. The van der Waals surface area contributed by atoms with Crippen LogP contribution < -0.4 is 10.2 Å². The number of aryl methyl sites for hydroxylation is 2. The lowest BCUT2D eigenvalue weighted by atomic mass is 9.99. The Bertz CT molecular complexity index is 1290. The molecule has 0 spiro atoms. The Hall–Kier alpha value is -3.80. The minimum Gasteiger partial charge on any atom is -0.350 e. The van der Waals surface area contributed by atoms with E-state index in [9.17, 15) is 18.4 Å². The van der Waals surface area contributed by atoms with Crippen LogP contribution in [0.2, 0.25) is 0 Å². The molecule has 1 aliphatic heterocycles. The molecule has 6 heteroatoms. The van der Waals surface area contributed by atoms with Gasteiger partial charge in [-0.05, 0) is 66.3 Å². The van der Waals surface area contributed by atoms with Crippen LogP contribution in [-0.2, 0) is 9.59 Å². The van der Waals surface area contributed by atoms with E-state index in [0.29, 0.717) is 23.2 Å². The summed E-state index contributed by atoms with van der Waals surface area (Å²) in [6.45, 7) is 8.02. The van der Waals surface area contributed by atoms with Crippen LogP contribution >= 0.6 is 0 Å². The fourth-order valence-electron chi connectivity index (χ4n) is 3.79. The van der Waals surface area contributed by atoms with Gasteiger partial charge in [-0.15, -0.1) is 0 Å². The summed E-state index contributed by atoms with van der Waals surface area (Å²) in [4.78, 5) is 27.6. The molecule has 0 fully saturated rings. The second-order valence-corrected chi connectivity index (χ2v) is 8.49. The van der Waals surface area contributed by atoms with E-state index in [1.165, 1.54) is 0 Å². The molecule has 1 aliphatic rings. The third-order valence-electron chi connectivity index (χ3n) is 5.88. The standard InChI is InChI=1S/C27H24F2N2O2/c1-15(2)18-7-10-21(11-8-18)30-25-24(19-6-5-16(3)17(4)13-19)26(32)31(27(25)33)23-12-9-20(28)14-22(23)29/h5-15,30H,1-4H3. The van der Waals surface area contributed by atoms with Crippen molar-refractivity contribution >= 4 is 28.8 Å². The number of nitrogens with zero attached hydrogens (tertiary/aromatic N) is 1. The summed E-state index contributed by atoms with van der Waals surface area (Å²) >= 11 is 0. The number of rotatable bonds is 5. The van der Waals surface area contributed by atoms with E-state index in [0.717, 1.165) is 33.7 Å². The highest BCUT2D eigenvalue weighted by Crippen LogP contribution is 2.35. The highest BCUT2D eigenvalue weighted by molar-refractivity contribution is 6.46. The van der Waals surface area contributed by atoms with Gasteiger partial charge in [0.15, 0.2) is 0 Å². The summed E-state index contributed by atoms with van der Waals surface area (Å²) in [6.07, 6.45) is 0. The predicted octanol–water partition coefficient (Wildman–Crippen LogP) is 6.10. The van der Waals surface area contributed by atoms with Crippen LogP contribution in [0.4, 0.5) is 20.2 Å². The summed E-state index contributed by atoms with van der Waals surface area (Å²) in [5.41, 5.74) is 4.18. The molecule has 2 amide bonds. The van der Waals surface area contributed by atoms with Crippen LogP contribution in [0, 0.1) is 25.5 Å². The summed E-state index contributed by atoms with van der Waals surface area (Å²) in [5.74, 6) is -2.81. The monoisotopic (exact) mass is 446 g/mol. The van der Waals surface area contributed by atoms with Crippen molar-refractivity contribution in [3.63, 3.8) is 0 Å². The van der Waals surface area contributed by atoms with E-state index >= 15 is 0 Å². The quantitative estimate of drug-likeness (QED) is 0.482. The number of hydrogen-bond donors (Lipinski definition) is 1. The van der Waals surface area contributed by atoms with Gasteiger partial charge in [-0.3, -0.25) is 9.59 Å². The van der Waals surface area contributed by atoms with Crippen molar-refractivity contribution in [1.29, 1.82) is 0 Å². The lowest BCUT2D eigenvalue weighted by Crippen LogP contribution is -2.33. The van der Waals surface area contributed by atoms with Gasteiger partial charge in [0.05, 0.1) is 11.3 Å². The van der Waals surface area contributed by atoms with Gasteiger partial charge >= 0.3 is 0 Å². The normalized spacial score (nSPS) is 14.0. The van der Waals surface area contributed by atoms with Gasteiger partial charge in [-0.1, -0.05) is 44.2 Å². The molecule has 0 saturated carbocycles. The second-order valence-electron chi connectivity index (χ2n) is 8.49. The van der Waals surface area contributed by atoms with E-state index < -0.39 is 23.4 Å². The Morgan fingerprint density at radius 2 is 1.52 bits per heavy atom. The minimum atomic E-state index is -0.987. The highest BCUT2D eigenvalue weighted by atomic mass is 19.1. The number of halogens is 2. The van der Waals surface area contributed by atoms with Crippen molar-refractivity contribution in [3.8, 4) is 0 Å². The SMILES string of the molecule is Cc1ccc(C2=C(Nc3ccc(C(C)C)cc3)C(=O)N(c3ccc(F)cc3F)C2=O)cc1C. The third-order valence-corrected chi connectivity index (χ3v) is 5.88. The summed E-state index contributed by atoms with van der Waals surface area (Å²) in [7, 11) is 0. The van der Waals surface area contributed by atoms with Crippen molar-refractivity contribution in [1.82, 2.24) is 0 Å². The molecule has 3 aromatic rings.